The zero-order valence-electron chi connectivity index (χ0n) is 36.1. The molecule has 15 nitrogen and oxygen atoms in total. The summed E-state index contributed by atoms with van der Waals surface area (Å²) in [5.74, 6) is -2.27. The Morgan fingerprint density at radius 3 is 2.25 bits per heavy atom. The van der Waals surface area contributed by atoms with Crippen LogP contribution in [0, 0.1) is 11.3 Å². The summed E-state index contributed by atoms with van der Waals surface area (Å²) >= 11 is 0. The number of ketones is 1. The summed E-state index contributed by atoms with van der Waals surface area (Å²) in [6.07, 6.45) is 6.03. The van der Waals surface area contributed by atoms with Gasteiger partial charge in [0.15, 0.2) is 0 Å². The van der Waals surface area contributed by atoms with Gasteiger partial charge in [-0.25, -0.2) is 14.6 Å². The fourth-order valence-electron chi connectivity index (χ4n) is 8.24. The number of ether oxygens (including phenoxy) is 3. The van der Waals surface area contributed by atoms with Crippen LogP contribution in [-0.2, 0) is 28.7 Å². The molecule has 3 aromatic rings. The lowest BCUT2D eigenvalue weighted by Crippen LogP contribution is -2.61. The Morgan fingerprint density at radius 2 is 1.61 bits per heavy atom. The highest BCUT2D eigenvalue weighted by Gasteiger charge is 2.45. The van der Waals surface area contributed by atoms with Crippen molar-refractivity contribution in [3.63, 3.8) is 0 Å². The van der Waals surface area contributed by atoms with E-state index < -0.39 is 71.2 Å². The van der Waals surface area contributed by atoms with E-state index in [1.807, 2.05) is 49.4 Å². The van der Waals surface area contributed by atoms with Gasteiger partial charge in [0, 0.05) is 35.5 Å². The van der Waals surface area contributed by atoms with Crippen molar-refractivity contribution in [1.82, 2.24) is 31.2 Å². The van der Waals surface area contributed by atoms with E-state index in [2.05, 4.69) is 21.3 Å². The molecule has 1 aliphatic heterocycles. The second kappa shape index (κ2) is 19.8. The number of pyridine rings is 1. The number of amides is 5. The number of hydrogen-bond donors (Lipinski definition) is 4. The summed E-state index contributed by atoms with van der Waals surface area (Å²) in [7, 11) is 2.86. The first-order valence-electron chi connectivity index (χ1n) is 21.5. The fraction of sp³-hybridized carbons (Fsp3) is 0.543. The van der Waals surface area contributed by atoms with Crippen LogP contribution < -0.4 is 30.7 Å². The van der Waals surface area contributed by atoms with Crippen molar-refractivity contribution >= 4 is 46.4 Å². The highest BCUT2D eigenvalue weighted by molar-refractivity contribution is 6.38. The molecule has 2 aromatic carbocycles. The highest BCUT2D eigenvalue weighted by atomic mass is 16.5. The summed E-state index contributed by atoms with van der Waals surface area (Å²) in [6, 6.07) is 11.8. The minimum atomic E-state index is -1.16. The molecule has 1 unspecified atom stereocenters. The molecular formula is C46H60N6O9. The van der Waals surface area contributed by atoms with E-state index in [1.54, 1.807) is 40.0 Å². The number of urea groups is 1. The Kier molecular flexibility index (Phi) is 14.5. The van der Waals surface area contributed by atoms with Crippen LogP contribution in [0.3, 0.4) is 0 Å². The summed E-state index contributed by atoms with van der Waals surface area (Å²) in [4.78, 5) is 88.4. The molecule has 3 fully saturated rings. The number of Topliss-reactive ketones (excluding diaryl/α,β-unsaturated/α-hetero) is 1. The molecule has 2 heterocycles. The van der Waals surface area contributed by atoms with Crippen LogP contribution in [0.25, 0.3) is 22.2 Å². The molecule has 61 heavy (non-hydrogen) atoms. The van der Waals surface area contributed by atoms with Gasteiger partial charge in [-0.1, -0.05) is 83.7 Å². The lowest BCUT2D eigenvalue weighted by Gasteiger charge is -2.35. The largest absolute Gasteiger partial charge is 0.497 e. The monoisotopic (exact) mass is 840 g/mol. The van der Waals surface area contributed by atoms with Crippen molar-refractivity contribution < 1.29 is 43.0 Å². The average molecular weight is 841 g/mol. The highest BCUT2D eigenvalue weighted by Crippen LogP contribution is 2.35. The zero-order chi connectivity index (χ0) is 43.8. The predicted molar refractivity (Wildman–Crippen MR) is 229 cm³/mol. The molecule has 328 valence electrons. The summed E-state index contributed by atoms with van der Waals surface area (Å²) in [5, 5.41) is 12.0. The van der Waals surface area contributed by atoms with E-state index in [0.717, 1.165) is 50.5 Å². The third-order valence-electron chi connectivity index (χ3n) is 11.8. The number of carbonyl (C=O) groups excluding carboxylic acids is 6. The smallest absolute Gasteiger partial charge is 0.328 e. The van der Waals surface area contributed by atoms with Crippen molar-refractivity contribution in [1.29, 1.82) is 0 Å². The summed E-state index contributed by atoms with van der Waals surface area (Å²) < 4.78 is 17.3. The van der Waals surface area contributed by atoms with Gasteiger partial charge in [-0.3, -0.25) is 19.2 Å². The number of benzene rings is 2. The molecule has 5 atom stereocenters. The van der Waals surface area contributed by atoms with Crippen molar-refractivity contribution in [2.24, 2.45) is 11.3 Å². The van der Waals surface area contributed by atoms with Crippen LogP contribution in [-0.4, -0.2) is 102 Å². The number of aromatic nitrogens is 1. The summed E-state index contributed by atoms with van der Waals surface area (Å²) in [5.41, 5.74) is 1.28. The molecule has 1 aromatic heterocycles. The minimum absolute atomic E-state index is 0.0276. The maximum Gasteiger partial charge on any atom is 0.328 e. The first-order valence-corrected chi connectivity index (χ1v) is 21.5. The van der Waals surface area contributed by atoms with Crippen molar-refractivity contribution in [3.05, 3.63) is 54.6 Å². The molecule has 1 saturated heterocycles. The minimum Gasteiger partial charge on any atom is -0.497 e. The van der Waals surface area contributed by atoms with Crippen molar-refractivity contribution in [2.45, 2.75) is 128 Å². The fourth-order valence-corrected chi connectivity index (χ4v) is 8.24. The van der Waals surface area contributed by atoms with Gasteiger partial charge in [0.2, 0.25) is 17.6 Å². The number of nitrogens with one attached hydrogen (secondary N) is 4. The van der Waals surface area contributed by atoms with Gasteiger partial charge >= 0.3 is 12.0 Å². The lowest BCUT2D eigenvalue weighted by molar-refractivity contribution is -0.148. The Labute approximate surface area is 357 Å². The summed E-state index contributed by atoms with van der Waals surface area (Å²) in [6.45, 7) is 7.19. The van der Waals surface area contributed by atoms with Gasteiger partial charge in [0.1, 0.15) is 35.7 Å². The molecule has 0 spiro atoms. The van der Waals surface area contributed by atoms with Crippen LogP contribution in [0.2, 0.25) is 0 Å². The predicted octanol–water partition coefficient (Wildman–Crippen LogP) is 5.23. The van der Waals surface area contributed by atoms with Crippen LogP contribution in [0.4, 0.5) is 4.79 Å². The van der Waals surface area contributed by atoms with Crippen LogP contribution in [0.5, 0.6) is 11.5 Å². The lowest BCUT2D eigenvalue weighted by atomic mass is 9.82. The molecule has 5 amide bonds. The third-order valence-corrected chi connectivity index (χ3v) is 11.8. The van der Waals surface area contributed by atoms with Crippen LogP contribution in [0.15, 0.2) is 54.6 Å². The average Bonchev–Trinajstić information content (AvgIpc) is 3.98. The maximum atomic E-state index is 14.6. The number of fused-ring (bicyclic) bond motifs is 1. The van der Waals surface area contributed by atoms with E-state index in [4.69, 9.17) is 19.2 Å². The van der Waals surface area contributed by atoms with Gasteiger partial charge in [0.05, 0.1) is 38.0 Å². The third kappa shape index (κ3) is 11.2. The molecule has 2 aliphatic carbocycles. The van der Waals surface area contributed by atoms with E-state index in [1.165, 1.54) is 12.0 Å². The zero-order valence-corrected chi connectivity index (χ0v) is 36.1. The van der Waals surface area contributed by atoms with Gasteiger partial charge in [-0.2, -0.15) is 0 Å². The molecular weight excluding hydrogens is 781 g/mol. The number of likely N-dealkylation sites (tertiary alicyclic amines) is 1. The second-order valence-corrected chi connectivity index (χ2v) is 17.5. The van der Waals surface area contributed by atoms with E-state index >= 15 is 0 Å². The normalized spacial score (nSPS) is 19.5. The molecule has 15 heteroatoms. The van der Waals surface area contributed by atoms with E-state index in [0.29, 0.717) is 34.5 Å². The number of methoxy groups -OCH3 is 2. The van der Waals surface area contributed by atoms with Crippen molar-refractivity contribution in [2.75, 3.05) is 20.8 Å². The molecule has 0 bridgehead atoms. The number of hydrogen-bond acceptors (Lipinski definition) is 10. The van der Waals surface area contributed by atoms with Gasteiger partial charge in [-0.05, 0) is 55.6 Å². The number of carbonyl (C=O) groups is 6. The van der Waals surface area contributed by atoms with Gasteiger partial charge in [-0.15, -0.1) is 0 Å². The van der Waals surface area contributed by atoms with Crippen molar-refractivity contribution in [3.8, 4) is 22.8 Å². The quantitative estimate of drug-likeness (QED) is 0.110. The topological polar surface area (TPSA) is 194 Å². The Balaban J connectivity index is 1.30. The Morgan fingerprint density at radius 1 is 0.885 bits per heavy atom. The van der Waals surface area contributed by atoms with E-state index in [-0.39, 0.29) is 31.3 Å². The number of esters is 1. The number of rotatable bonds is 16. The molecule has 0 radical (unpaired) electrons. The van der Waals surface area contributed by atoms with E-state index in [9.17, 15) is 28.8 Å². The first kappa shape index (κ1) is 44.8. The standard InChI is InChI=1S/C46H60N6O9/c1-7-14-33(39(53)42(55)47-29-19-20-29)49-45(58)52-26-31(61-37-25-34(27-15-10-8-11-16-27)48-35-23-30(59-5)21-22-32(35)37)24-36(52)41(54)51-40(46(2,3)4)43(56)50-38(44(57)60-6)28-17-12-9-13-18-28/h8,10-11,15-16,21-23,25,28-29,31,33,36,38,40H,7,9,12-14,17-20,24,26H2,1-6H3,(H,47,55)(H,49,58)(H,50,56)(H,51,54)/t31-,33?,36+,38-,40+/m0/s1. The molecule has 3 aliphatic rings. The maximum absolute atomic E-state index is 14.6. The Bertz CT molecular complexity index is 2080. The SMILES string of the molecule is CCCC(NC(=O)N1C[C@@H](Oc2cc(-c3ccccc3)nc3cc(OC)ccc23)C[C@@H]1C(=O)N[C@H](C(=O)N[C@H](C(=O)OC)C1CCCCC1)C(C)(C)C)C(=O)C(=O)NC1CC1. The molecule has 2 saturated carbocycles. The van der Waals surface area contributed by atoms with Gasteiger partial charge in [0.25, 0.3) is 5.91 Å². The molecule has 4 N–H and O–H groups in total. The van der Waals surface area contributed by atoms with Crippen LogP contribution in [0.1, 0.15) is 91.9 Å². The first-order chi connectivity index (χ1) is 29.2. The second-order valence-electron chi connectivity index (χ2n) is 17.5. The number of nitrogens with zero attached hydrogens (tertiary/aromatic N) is 2. The van der Waals surface area contributed by atoms with Gasteiger partial charge < -0.3 is 40.4 Å². The Hall–Kier alpha value is -5.73. The molecule has 6 rings (SSSR count). The van der Waals surface area contributed by atoms with Crippen LogP contribution >= 0.6 is 0 Å².